The van der Waals surface area contributed by atoms with Crippen LogP contribution in [0.15, 0.2) is 55.1 Å². The zero-order valence-electron chi connectivity index (χ0n) is 16.3. The maximum atomic E-state index is 6.48. The van der Waals surface area contributed by atoms with Crippen LogP contribution in [0.5, 0.6) is 11.5 Å². The normalized spacial score (nSPS) is 10.8. The van der Waals surface area contributed by atoms with Gasteiger partial charge >= 0.3 is 0 Å². The number of aryl methyl sites for hydroxylation is 2. The maximum absolute atomic E-state index is 6.48. The molecular weight excluding hydrogens is 374 g/mol. The molecule has 6 heteroatoms. The standard InChI is InChI=1S/C22H26ClN3O2/c1-17-6-3-4-7-18(17)15-28-22-13-20(23)19(12-21(22)27-2)14-24-8-5-10-26-11-9-25-16-26/h3-4,6-7,9,11-13,16,24H,5,8,10,14-15H2,1-2H3. The molecule has 148 valence electrons. The third kappa shape index (κ3) is 5.50. The molecule has 2 aromatic carbocycles. The van der Waals surface area contributed by atoms with Gasteiger partial charge in [0.05, 0.1) is 13.4 Å². The Morgan fingerprint density at radius 2 is 2.00 bits per heavy atom. The van der Waals surface area contributed by atoms with Gasteiger partial charge in [0.2, 0.25) is 0 Å². The molecule has 0 saturated carbocycles. The molecule has 1 aromatic heterocycles. The number of rotatable bonds is 10. The van der Waals surface area contributed by atoms with E-state index in [1.54, 1.807) is 13.3 Å². The lowest BCUT2D eigenvalue weighted by molar-refractivity contribution is 0.283. The summed E-state index contributed by atoms with van der Waals surface area (Å²) in [5.41, 5.74) is 3.33. The fraction of sp³-hybridized carbons (Fsp3) is 0.318. The molecule has 0 atom stereocenters. The van der Waals surface area contributed by atoms with Crippen LogP contribution in [-0.2, 0) is 19.7 Å². The van der Waals surface area contributed by atoms with Crippen molar-refractivity contribution in [1.29, 1.82) is 0 Å². The van der Waals surface area contributed by atoms with E-state index in [9.17, 15) is 0 Å². The first-order valence-corrected chi connectivity index (χ1v) is 9.75. The van der Waals surface area contributed by atoms with Crippen molar-refractivity contribution in [3.8, 4) is 11.5 Å². The summed E-state index contributed by atoms with van der Waals surface area (Å²) in [4.78, 5) is 4.05. The number of ether oxygens (including phenoxy) is 2. The SMILES string of the molecule is COc1cc(CNCCCn2ccnc2)c(Cl)cc1OCc1ccccc1C. The number of nitrogens with one attached hydrogen (secondary N) is 1. The molecule has 28 heavy (non-hydrogen) atoms. The number of halogens is 1. The second-order valence-electron chi connectivity index (χ2n) is 6.64. The Bertz CT molecular complexity index is 881. The van der Waals surface area contributed by atoms with E-state index in [0.717, 1.165) is 30.6 Å². The fourth-order valence-corrected chi connectivity index (χ4v) is 3.16. The molecule has 0 fully saturated rings. The largest absolute Gasteiger partial charge is 0.493 e. The molecule has 5 nitrogen and oxygen atoms in total. The Kier molecular flexibility index (Phi) is 7.34. The van der Waals surface area contributed by atoms with Crippen molar-refractivity contribution < 1.29 is 9.47 Å². The van der Waals surface area contributed by atoms with Crippen LogP contribution in [0, 0.1) is 6.92 Å². The van der Waals surface area contributed by atoms with Gasteiger partial charge in [0, 0.05) is 36.6 Å². The molecule has 1 heterocycles. The predicted molar refractivity (Wildman–Crippen MR) is 112 cm³/mol. The highest BCUT2D eigenvalue weighted by atomic mass is 35.5. The van der Waals surface area contributed by atoms with Gasteiger partial charge in [-0.3, -0.25) is 0 Å². The second-order valence-corrected chi connectivity index (χ2v) is 7.05. The Balaban J connectivity index is 1.55. The Morgan fingerprint density at radius 3 is 2.75 bits per heavy atom. The highest BCUT2D eigenvalue weighted by molar-refractivity contribution is 6.31. The summed E-state index contributed by atoms with van der Waals surface area (Å²) in [6.07, 6.45) is 6.61. The monoisotopic (exact) mass is 399 g/mol. The van der Waals surface area contributed by atoms with Crippen molar-refractivity contribution in [2.75, 3.05) is 13.7 Å². The van der Waals surface area contributed by atoms with E-state index in [2.05, 4.69) is 33.9 Å². The van der Waals surface area contributed by atoms with Crippen molar-refractivity contribution in [3.05, 3.63) is 76.8 Å². The molecule has 0 radical (unpaired) electrons. The molecule has 0 saturated heterocycles. The average molecular weight is 400 g/mol. The van der Waals surface area contributed by atoms with Gasteiger partial charge in [0.25, 0.3) is 0 Å². The summed E-state index contributed by atoms with van der Waals surface area (Å²) < 4.78 is 13.6. The highest BCUT2D eigenvalue weighted by Crippen LogP contribution is 2.34. The van der Waals surface area contributed by atoms with Gasteiger partial charge in [-0.25, -0.2) is 4.98 Å². The molecule has 0 unspecified atom stereocenters. The minimum atomic E-state index is 0.477. The Labute approximate surface area is 171 Å². The van der Waals surface area contributed by atoms with Crippen LogP contribution in [-0.4, -0.2) is 23.2 Å². The maximum Gasteiger partial charge on any atom is 0.163 e. The molecule has 1 N–H and O–H groups in total. The summed E-state index contributed by atoms with van der Waals surface area (Å²) in [5.74, 6) is 1.34. The molecule has 0 aliphatic rings. The Hall–Kier alpha value is -2.50. The first kappa shape index (κ1) is 20.2. The lowest BCUT2D eigenvalue weighted by Crippen LogP contribution is -2.16. The molecule has 0 spiro atoms. The fourth-order valence-electron chi connectivity index (χ4n) is 2.94. The highest BCUT2D eigenvalue weighted by Gasteiger charge is 2.11. The summed E-state index contributed by atoms with van der Waals surface area (Å²) in [7, 11) is 1.65. The third-order valence-corrected chi connectivity index (χ3v) is 4.97. The molecule has 3 aromatic rings. The van der Waals surface area contributed by atoms with Gasteiger partial charge in [-0.05, 0) is 42.6 Å². The van der Waals surface area contributed by atoms with E-state index >= 15 is 0 Å². The minimum absolute atomic E-state index is 0.477. The molecular formula is C22H26ClN3O2. The van der Waals surface area contributed by atoms with Crippen molar-refractivity contribution in [2.45, 2.75) is 33.0 Å². The van der Waals surface area contributed by atoms with Crippen molar-refractivity contribution in [2.24, 2.45) is 0 Å². The van der Waals surface area contributed by atoms with E-state index in [4.69, 9.17) is 21.1 Å². The van der Waals surface area contributed by atoms with Gasteiger partial charge in [-0.2, -0.15) is 0 Å². The number of imidazole rings is 1. The van der Waals surface area contributed by atoms with Crippen LogP contribution in [0.25, 0.3) is 0 Å². The van der Waals surface area contributed by atoms with Gasteiger partial charge in [-0.15, -0.1) is 0 Å². The van der Waals surface area contributed by atoms with E-state index in [1.165, 1.54) is 5.56 Å². The van der Waals surface area contributed by atoms with E-state index < -0.39 is 0 Å². The molecule has 0 aliphatic heterocycles. The summed E-state index contributed by atoms with van der Waals surface area (Å²) in [6, 6.07) is 11.9. The lowest BCUT2D eigenvalue weighted by atomic mass is 10.1. The first-order chi connectivity index (χ1) is 13.7. The quantitative estimate of drug-likeness (QED) is 0.505. The average Bonchev–Trinajstić information content (AvgIpc) is 3.22. The minimum Gasteiger partial charge on any atom is -0.493 e. The number of hydrogen-bond donors (Lipinski definition) is 1. The number of benzene rings is 2. The van der Waals surface area contributed by atoms with Crippen molar-refractivity contribution >= 4 is 11.6 Å². The summed E-state index contributed by atoms with van der Waals surface area (Å²) >= 11 is 6.48. The topological polar surface area (TPSA) is 48.3 Å². The van der Waals surface area contributed by atoms with Crippen molar-refractivity contribution in [1.82, 2.24) is 14.9 Å². The van der Waals surface area contributed by atoms with Crippen LogP contribution < -0.4 is 14.8 Å². The molecule has 3 rings (SSSR count). The molecule has 0 amide bonds. The van der Waals surface area contributed by atoms with Gasteiger partial charge in [0.1, 0.15) is 6.61 Å². The van der Waals surface area contributed by atoms with E-state index in [1.807, 2.05) is 36.8 Å². The van der Waals surface area contributed by atoms with Crippen LogP contribution in [0.3, 0.4) is 0 Å². The Morgan fingerprint density at radius 1 is 1.14 bits per heavy atom. The summed E-state index contributed by atoms with van der Waals surface area (Å²) in [5, 5.41) is 4.10. The van der Waals surface area contributed by atoms with Gasteiger partial charge in [-0.1, -0.05) is 35.9 Å². The van der Waals surface area contributed by atoms with Crippen LogP contribution >= 0.6 is 11.6 Å². The number of nitrogens with zero attached hydrogens (tertiary/aromatic N) is 2. The van der Waals surface area contributed by atoms with Gasteiger partial charge < -0.3 is 19.4 Å². The zero-order valence-corrected chi connectivity index (χ0v) is 17.1. The third-order valence-electron chi connectivity index (χ3n) is 4.62. The van der Waals surface area contributed by atoms with E-state index in [0.29, 0.717) is 29.7 Å². The second kappa shape index (κ2) is 10.2. The summed E-state index contributed by atoms with van der Waals surface area (Å²) in [6.45, 7) is 5.06. The molecule has 0 aliphatic carbocycles. The van der Waals surface area contributed by atoms with Crippen molar-refractivity contribution in [3.63, 3.8) is 0 Å². The zero-order chi connectivity index (χ0) is 19.8. The number of aromatic nitrogens is 2. The smallest absolute Gasteiger partial charge is 0.163 e. The predicted octanol–water partition coefficient (Wildman–Crippen LogP) is 4.61. The molecule has 0 bridgehead atoms. The van der Waals surface area contributed by atoms with E-state index in [-0.39, 0.29) is 0 Å². The lowest BCUT2D eigenvalue weighted by Gasteiger charge is -2.15. The van der Waals surface area contributed by atoms with Crippen LogP contribution in [0.2, 0.25) is 5.02 Å². The first-order valence-electron chi connectivity index (χ1n) is 9.37. The van der Waals surface area contributed by atoms with Gasteiger partial charge in [0.15, 0.2) is 11.5 Å². The number of hydrogen-bond acceptors (Lipinski definition) is 4. The van der Waals surface area contributed by atoms with Crippen LogP contribution in [0.1, 0.15) is 23.1 Å². The van der Waals surface area contributed by atoms with Crippen LogP contribution in [0.4, 0.5) is 0 Å². The number of methoxy groups -OCH3 is 1.